The molecule has 5 heteroatoms. The maximum atomic E-state index is 12.3. The van der Waals surface area contributed by atoms with Crippen LogP contribution in [0.15, 0.2) is 29.0 Å². The van der Waals surface area contributed by atoms with Gasteiger partial charge in [-0.1, -0.05) is 18.5 Å². The highest BCUT2D eigenvalue weighted by atomic mass is 35.5. The molecule has 0 saturated heterocycles. The van der Waals surface area contributed by atoms with Gasteiger partial charge in [-0.3, -0.25) is 4.79 Å². The Bertz CT molecular complexity index is 569. The summed E-state index contributed by atoms with van der Waals surface area (Å²) >= 11 is 7.57. The first-order valence-corrected chi connectivity index (χ1v) is 7.35. The first kappa shape index (κ1) is 14.0. The molecule has 0 spiro atoms. The Labute approximate surface area is 121 Å². The van der Waals surface area contributed by atoms with Crippen molar-refractivity contribution in [1.82, 2.24) is 9.88 Å². The molecular formula is C14H15ClN2OS. The van der Waals surface area contributed by atoms with Gasteiger partial charge in [0.15, 0.2) is 0 Å². The van der Waals surface area contributed by atoms with E-state index in [9.17, 15) is 4.79 Å². The molecule has 19 heavy (non-hydrogen) atoms. The van der Waals surface area contributed by atoms with Crippen molar-refractivity contribution >= 4 is 28.8 Å². The number of nitrogens with zero attached hydrogens (tertiary/aromatic N) is 2. The first-order valence-electron chi connectivity index (χ1n) is 6.03. The molecule has 0 aromatic carbocycles. The summed E-state index contributed by atoms with van der Waals surface area (Å²) in [5, 5.41) is 4.42. The zero-order valence-electron chi connectivity index (χ0n) is 10.9. The lowest BCUT2D eigenvalue weighted by Crippen LogP contribution is -2.26. The van der Waals surface area contributed by atoms with Crippen molar-refractivity contribution in [2.45, 2.75) is 19.9 Å². The van der Waals surface area contributed by atoms with Crippen LogP contribution in [0.25, 0.3) is 0 Å². The standard InChI is InChI=1S/C14H15ClN2OS/c1-3-12-6-11(7-13(15)16-12)14(18)17(2)8-10-4-5-19-9-10/h4-7,9H,3,8H2,1-2H3. The second-order valence-electron chi connectivity index (χ2n) is 4.32. The number of hydrogen-bond acceptors (Lipinski definition) is 3. The van der Waals surface area contributed by atoms with Gasteiger partial charge in [0.25, 0.3) is 5.91 Å². The Morgan fingerprint density at radius 2 is 2.26 bits per heavy atom. The van der Waals surface area contributed by atoms with E-state index in [1.165, 1.54) is 0 Å². The van der Waals surface area contributed by atoms with Crippen molar-refractivity contribution in [2.75, 3.05) is 7.05 Å². The van der Waals surface area contributed by atoms with E-state index >= 15 is 0 Å². The molecule has 0 aliphatic rings. The summed E-state index contributed by atoms with van der Waals surface area (Å²) in [6.45, 7) is 2.59. The van der Waals surface area contributed by atoms with Crippen LogP contribution in [0, 0.1) is 0 Å². The van der Waals surface area contributed by atoms with Gasteiger partial charge in [0.05, 0.1) is 0 Å². The van der Waals surface area contributed by atoms with Gasteiger partial charge in [-0.15, -0.1) is 0 Å². The number of amides is 1. The second kappa shape index (κ2) is 6.17. The molecule has 0 aliphatic carbocycles. The fourth-order valence-corrected chi connectivity index (χ4v) is 2.69. The molecule has 100 valence electrons. The number of carbonyl (C=O) groups is 1. The largest absolute Gasteiger partial charge is 0.337 e. The van der Waals surface area contributed by atoms with E-state index in [0.29, 0.717) is 17.3 Å². The lowest BCUT2D eigenvalue weighted by Gasteiger charge is -2.17. The van der Waals surface area contributed by atoms with Crippen LogP contribution in [0.3, 0.4) is 0 Å². The Hall–Kier alpha value is -1.39. The minimum absolute atomic E-state index is 0.0369. The number of hydrogen-bond donors (Lipinski definition) is 0. The van der Waals surface area contributed by atoms with E-state index in [2.05, 4.69) is 4.98 Å². The number of carbonyl (C=O) groups excluding carboxylic acids is 1. The monoisotopic (exact) mass is 294 g/mol. The average Bonchev–Trinajstić information content (AvgIpc) is 2.89. The highest BCUT2D eigenvalue weighted by molar-refractivity contribution is 7.07. The minimum atomic E-state index is -0.0369. The third-order valence-electron chi connectivity index (χ3n) is 2.80. The van der Waals surface area contributed by atoms with Crippen LogP contribution in [0.5, 0.6) is 0 Å². The Balaban J connectivity index is 2.16. The molecule has 2 rings (SSSR count). The van der Waals surface area contributed by atoms with Gasteiger partial charge < -0.3 is 4.90 Å². The summed E-state index contributed by atoms with van der Waals surface area (Å²) in [6.07, 6.45) is 0.759. The van der Waals surface area contributed by atoms with Crippen LogP contribution in [0.4, 0.5) is 0 Å². The molecule has 2 aromatic rings. The van der Waals surface area contributed by atoms with Crippen LogP contribution in [0.1, 0.15) is 28.5 Å². The van der Waals surface area contributed by atoms with Crippen LogP contribution in [-0.2, 0) is 13.0 Å². The van der Waals surface area contributed by atoms with Gasteiger partial charge in [-0.05, 0) is 40.9 Å². The van der Waals surface area contributed by atoms with Crippen molar-refractivity contribution in [1.29, 1.82) is 0 Å². The van der Waals surface area contributed by atoms with E-state index < -0.39 is 0 Å². The highest BCUT2D eigenvalue weighted by Gasteiger charge is 2.14. The number of pyridine rings is 1. The zero-order valence-corrected chi connectivity index (χ0v) is 12.5. The van der Waals surface area contributed by atoms with Crippen LogP contribution in [-0.4, -0.2) is 22.8 Å². The molecule has 1 amide bonds. The first-order chi connectivity index (χ1) is 9.10. The molecule has 3 nitrogen and oxygen atoms in total. The minimum Gasteiger partial charge on any atom is -0.337 e. The fraction of sp³-hybridized carbons (Fsp3) is 0.286. The summed E-state index contributed by atoms with van der Waals surface area (Å²) in [5.74, 6) is -0.0369. The van der Waals surface area contributed by atoms with Gasteiger partial charge in [0, 0.05) is 24.8 Å². The second-order valence-corrected chi connectivity index (χ2v) is 5.48. The molecule has 0 N–H and O–H groups in total. The van der Waals surface area contributed by atoms with Crippen LogP contribution >= 0.6 is 22.9 Å². The molecule has 0 fully saturated rings. The molecule has 2 aromatic heterocycles. The molecule has 2 heterocycles. The summed E-state index contributed by atoms with van der Waals surface area (Å²) in [5.41, 5.74) is 2.56. The van der Waals surface area contributed by atoms with Gasteiger partial charge in [0.1, 0.15) is 5.15 Å². The number of halogens is 1. The van der Waals surface area contributed by atoms with Gasteiger partial charge >= 0.3 is 0 Å². The number of aromatic nitrogens is 1. The molecule has 0 saturated carbocycles. The maximum Gasteiger partial charge on any atom is 0.254 e. The van der Waals surface area contributed by atoms with E-state index in [-0.39, 0.29) is 5.91 Å². The third kappa shape index (κ3) is 3.55. The summed E-state index contributed by atoms with van der Waals surface area (Å²) in [6, 6.07) is 5.44. The van der Waals surface area contributed by atoms with Crippen molar-refractivity contribution in [3.05, 3.63) is 50.9 Å². The van der Waals surface area contributed by atoms with Crippen molar-refractivity contribution < 1.29 is 4.79 Å². The predicted octanol–water partition coefficient (Wildman–Crippen LogP) is 3.63. The Morgan fingerprint density at radius 3 is 2.89 bits per heavy atom. The average molecular weight is 295 g/mol. The smallest absolute Gasteiger partial charge is 0.254 e. The van der Waals surface area contributed by atoms with E-state index in [0.717, 1.165) is 17.7 Å². The Morgan fingerprint density at radius 1 is 1.47 bits per heavy atom. The van der Waals surface area contributed by atoms with Gasteiger partial charge in [-0.25, -0.2) is 4.98 Å². The third-order valence-corrected chi connectivity index (χ3v) is 3.73. The molecular weight excluding hydrogens is 280 g/mol. The Kier molecular flexibility index (Phi) is 4.56. The number of thiophene rings is 1. The summed E-state index contributed by atoms with van der Waals surface area (Å²) in [4.78, 5) is 18.2. The molecule has 0 unspecified atom stereocenters. The number of aryl methyl sites for hydroxylation is 1. The van der Waals surface area contributed by atoms with Crippen molar-refractivity contribution in [2.24, 2.45) is 0 Å². The van der Waals surface area contributed by atoms with Crippen molar-refractivity contribution in [3.8, 4) is 0 Å². The highest BCUT2D eigenvalue weighted by Crippen LogP contribution is 2.15. The summed E-state index contributed by atoms with van der Waals surface area (Å²) < 4.78 is 0. The summed E-state index contributed by atoms with van der Waals surface area (Å²) in [7, 11) is 1.79. The molecule has 0 radical (unpaired) electrons. The van der Waals surface area contributed by atoms with Gasteiger partial charge in [0.2, 0.25) is 0 Å². The van der Waals surface area contributed by atoms with Crippen LogP contribution < -0.4 is 0 Å². The SMILES string of the molecule is CCc1cc(C(=O)N(C)Cc2ccsc2)cc(Cl)n1. The van der Waals surface area contributed by atoms with E-state index in [1.807, 2.05) is 23.8 Å². The lowest BCUT2D eigenvalue weighted by atomic mass is 10.1. The zero-order chi connectivity index (χ0) is 13.8. The van der Waals surface area contributed by atoms with E-state index in [1.54, 1.807) is 35.4 Å². The molecule has 0 atom stereocenters. The molecule has 0 bridgehead atoms. The maximum absolute atomic E-state index is 12.3. The van der Waals surface area contributed by atoms with Gasteiger partial charge in [-0.2, -0.15) is 11.3 Å². The predicted molar refractivity (Wildman–Crippen MR) is 78.7 cm³/mol. The number of rotatable bonds is 4. The van der Waals surface area contributed by atoms with E-state index in [4.69, 9.17) is 11.6 Å². The quantitative estimate of drug-likeness (QED) is 0.807. The fourth-order valence-electron chi connectivity index (χ4n) is 1.80. The normalized spacial score (nSPS) is 10.5. The van der Waals surface area contributed by atoms with Crippen molar-refractivity contribution in [3.63, 3.8) is 0 Å². The van der Waals surface area contributed by atoms with Crippen LogP contribution in [0.2, 0.25) is 5.15 Å². The topological polar surface area (TPSA) is 33.2 Å². The lowest BCUT2D eigenvalue weighted by molar-refractivity contribution is 0.0785. The molecule has 0 aliphatic heterocycles.